The Balaban J connectivity index is 2.43. The van der Waals surface area contributed by atoms with Gasteiger partial charge in [0.2, 0.25) is 0 Å². The molecule has 4 heteroatoms. The quantitative estimate of drug-likeness (QED) is 0.811. The van der Waals surface area contributed by atoms with Crippen LogP contribution in [0.1, 0.15) is 31.5 Å². The summed E-state index contributed by atoms with van der Waals surface area (Å²) < 4.78 is 0. The summed E-state index contributed by atoms with van der Waals surface area (Å²) in [5.41, 5.74) is 6.92. The molecule has 0 saturated heterocycles. The van der Waals surface area contributed by atoms with E-state index in [2.05, 4.69) is 23.0 Å². The number of nitrogens with zero attached hydrogens (tertiary/aromatic N) is 1. The van der Waals surface area contributed by atoms with Gasteiger partial charge < -0.3 is 10.7 Å². The second-order valence-electron chi connectivity index (χ2n) is 4.88. The van der Waals surface area contributed by atoms with Gasteiger partial charge >= 0.3 is 0 Å². The minimum absolute atomic E-state index is 0.110. The van der Waals surface area contributed by atoms with Crippen molar-refractivity contribution in [2.24, 2.45) is 11.1 Å². The Morgan fingerprint density at radius 3 is 2.88 bits per heavy atom. The van der Waals surface area contributed by atoms with E-state index in [4.69, 9.17) is 5.73 Å². The van der Waals surface area contributed by atoms with Gasteiger partial charge in [0.1, 0.15) is 0 Å². The Bertz CT molecular complexity index is 528. The van der Waals surface area contributed by atoms with Crippen LogP contribution in [-0.2, 0) is 0 Å². The second-order valence-corrected chi connectivity index (χ2v) is 4.88. The number of nitrogens with one attached hydrogen (secondary N) is 1. The largest absolute Gasteiger partial charge is 0.328 e. The molecule has 17 heavy (non-hydrogen) atoms. The average Bonchev–Trinajstić information content (AvgIpc) is 2.39. The molecule has 2 unspecified atom stereocenters. The third-order valence-electron chi connectivity index (χ3n) is 2.93. The third kappa shape index (κ3) is 2.53. The Morgan fingerprint density at radius 1 is 1.47 bits per heavy atom. The van der Waals surface area contributed by atoms with Gasteiger partial charge in [0.15, 0.2) is 0 Å². The van der Waals surface area contributed by atoms with Gasteiger partial charge in [-0.25, -0.2) is 4.98 Å². The molecule has 1 aromatic rings. The highest BCUT2D eigenvalue weighted by molar-refractivity contribution is 5.65. The van der Waals surface area contributed by atoms with E-state index in [1.807, 2.05) is 25.2 Å². The first-order chi connectivity index (χ1) is 8.00. The molecule has 1 aromatic heterocycles. The standard InChI is InChI=1S/C13H17N3O/c1-9(14)7-13(2)5-3-10-11(4-6-13)15-8-16-12(10)17/h3-6,8-9H,7,14H2,1-2H3,(H,15,16,17). The van der Waals surface area contributed by atoms with Crippen LogP contribution < -0.4 is 11.3 Å². The molecule has 0 spiro atoms. The summed E-state index contributed by atoms with van der Waals surface area (Å²) in [6.07, 6.45) is 10.1. The number of rotatable bonds is 2. The zero-order valence-corrected chi connectivity index (χ0v) is 10.1. The summed E-state index contributed by atoms with van der Waals surface area (Å²) in [7, 11) is 0. The minimum atomic E-state index is -0.124. The molecule has 0 aromatic carbocycles. The van der Waals surface area contributed by atoms with Crippen molar-refractivity contribution in [2.45, 2.75) is 26.3 Å². The third-order valence-corrected chi connectivity index (χ3v) is 2.93. The lowest BCUT2D eigenvalue weighted by Gasteiger charge is -2.23. The van der Waals surface area contributed by atoms with Crippen molar-refractivity contribution in [1.29, 1.82) is 0 Å². The number of hydrogen-bond donors (Lipinski definition) is 2. The van der Waals surface area contributed by atoms with E-state index in [9.17, 15) is 4.79 Å². The lowest BCUT2D eigenvalue weighted by molar-refractivity contribution is 0.455. The highest BCUT2D eigenvalue weighted by atomic mass is 16.1. The highest BCUT2D eigenvalue weighted by Gasteiger charge is 2.21. The van der Waals surface area contributed by atoms with Crippen molar-refractivity contribution in [2.75, 3.05) is 0 Å². The first-order valence-corrected chi connectivity index (χ1v) is 5.72. The molecule has 0 bridgehead atoms. The van der Waals surface area contributed by atoms with Crippen LogP contribution in [-0.4, -0.2) is 16.0 Å². The molecule has 4 nitrogen and oxygen atoms in total. The fourth-order valence-electron chi connectivity index (χ4n) is 2.15. The number of fused-ring (bicyclic) bond motifs is 1. The zero-order chi connectivity index (χ0) is 12.5. The van der Waals surface area contributed by atoms with Crippen LogP contribution in [0.4, 0.5) is 0 Å². The summed E-state index contributed by atoms with van der Waals surface area (Å²) in [6.45, 7) is 4.08. The van der Waals surface area contributed by atoms with E-state index in [1.54, 1.807) is 0 Å². The monoisotopic (exact) mass is 231 g/mol. The summed E-state index contributed by atoms with van der Waals surface area (Å²) in [4.78, 5) is 18.4. The van der Waals surface area contributed by atoms with Crippen molar-refractivity contribution < 1.29 is 0 Å². The van der Waals surface area contributed by atoms with Gasteiger partial charge in [-0.1, -0.05) is 25.2 Å². The number of allylic oxidation sites excluding steroid dienone is 2. The number of nitrogens with two attached hydrogens (primary N) is 1. The summed E-state index contributed by atoms with van der Waals surface area (Å²) >= 11 is 0. The molecular formula is C13H17N3O. The van der Waals surface area contributed by atoms with Crippen molar-refractivity contribution in [3.05, 3.63) is 40.1 Å². The van der Waals surface area contributed by atoms with Crippen LogP contribution in [0.3, 0.4) is 0 Å². The average molecular weight is 231 g/mol. The lowest BCUT2D eigenvalue weighted by Crippen LogP contribution is -2.24. The molecule has 1 heterocycles. The Hall–Kier alpha value is -1.68. The fraction of sp³-hybridized carbons (Fsp3) is 0.385. The minimum Gasteiger partial charge on any atom is -0.328 e. The maximum atomic E-state index is 11.6. The van der Waals surface area contributed by atoms with E-state index < -0.39 is 0 Å². The smallest absolute Gasteiger partial charge is 0.258 e. The van der Waals surface area contributed by atoms with Gasteiger partial charge in [-0.2, -0.15) is 0 Å². The van der Waals surface area contributed by atoms with Gasteiger partial charge in [-0.05, 0) is 19.4 Å². The molecule has 0 saturated carbocycles. The van der Waals surface area contributed by atoms with Crippen LogP contribution in [0.25, 0.3) is 12.2 Å². The topological polar surface area (TPSA) is 71.8 Å². The molecule has 90 valence electrons. The molecule has 2 rings (SSSR count). The first-order valence-electron chi connectivity index (χ1n) is 5.72. The van der Waals surface area contributed by atoms with Gasteiger partial charge in [-0.15, -0.1) is 0 Å². The first kappa shape index (κ1) is 11.8. The molecule has 1 aliphatic carbocycles. The van der Waals surface area contributed by atoms with Crippen LogP contribution in [0, 0.1) is 5.41 Å². The van der Waals surface area contributed by atoms with Crippen LogP contribution in [0.15, 0.2) is 23.3 Å². The number of aromatic nitrogens is 2. The van der Waals surface area contributed by atoms with Crippen LogP contribution in [0.5, 0.6) is 0 Å². The van der Waals surface area contributed by atoms with Gasteiger partial charge in [0, 0.05) is 11.5 Å². The van der Waals surface area contributed by atoms with Crippen molar-refractivity contribution in [3.63, 3.8) is 0 Å². The summed E-state index contributed by atoms with van der Waals surface area (Å²) in [5.74, 6) is 0. The Labute approximate surface area is 100 Å². The van der Waals surface area contributed by atoms with Gasteiger partial charge in [-0.3, -0.25) is 4.79 Å². The number of H-pyrrole nitrogens is 1. The van der Waals surface area contributed by atoms with E-state index in [0.717, 1.165) is 6.42 Å². The zero-order valence-electron chi connectivity index (χ0n) is 10.1. The fourth-order valence-corrected chi connectivity index (χ4v) is 2.15. The van der Waals surface area contributed by atoms with Gasteiger partial charge in [0.25, 0.3) is 5.56 Å². The van der Waals surface area contributed by atoms with Crippen molar-refractivity contribution >= 4 is 12.2 Å². The Morgan fingerprint density at radius 2 is 2.18 bits per heavy atom. The van der Waals surface area contributed by atoms with E-state index >= 15 is 0 Å². The molecule has 0 radical (unpaired) electrons. The maximum absolute atomic E-state index is 11.6. The maximum Gasteiger partial charge on any atom is 0.258 e. The van der Waals surface area contributed by atoms with Crippen molar-refractivity contribution in [3.8, 4) is 0 Å². The van der Waals surface area contributed by atoms with E-state index in [-0.39, 0.29) is 17.0 Å². The molecule has 0 fully saturated rings. The molecule has 0 aliphatic heterocycles. The van der Waals surface area contributed by atoms with E-state index in [0.29, 0.717) is 11.3 Å². The summed E-state index contributed by atoms with van der Waals surface area (Å²) in [6, 6.07) is 0.113. The SMILES string of the molecule is CC(N)CC1(C)C=Cc2nc[nH]c(=O)c2C=C1. The number of aromatic amines is 1. The highest BCUT2D eigenvalue weighted by Crippen LogP contribution is 2.30. The molecule has 0 amide bonds. The normalized spacial score (nSPS) is 24.2. The predicted molar refractivity (Wildman–Crippen MR) is 69.3 cm³/mol. The van der Waals surface area contributed by atoms with Crippen LogP contribution in [0.2, 0.25) is 0 Å². The van der Waals surface area contributed by atoms with Crippen molar-refractivity contribution in [1.82, 2.24) is 9.97 Å². The lowest BCUT2D eigenvalue weighted by atomic mass is 9.84. The van der Waals surface area contributed by atoms with Crippen LogP contribution >= 0.6 is 0 Å². The molecule has 3 N–H and O–H groups in total. The van der Waals surface area contributed by atoms with E-state index in [1.165, 1.54) is 6.33 Å². The predicted octanol–water partition coefficient (Wildman–Crippen LogP) is 1.55. The molecular weight excluding hydrogens is 214 g/mol. The summed E-state index contributed by atoms with van der Waals surface area (Å²) in [5, 5.41) is 0. The molecule has 1 aliphatic rings. The number of hydrogen-bond acceptors (Lipinski definition) is 3. The molecule has 2 atom stereocenters. The van der Waals surface area contributed by atoms with Gasteiger partial charge in [0.05, 0.1) is 17.6 Å². The Kier molecular flexibility index (Phi) is 2.98. The second kappa shape index (κ2) is 4.30.